The van der Waals surface area contributed by atoms with Gasteiger partial charge in [-0.05, 0) is 5.56 Å². The number of benzene rings is 1. The molecule has 2 unspecified atom stereocenters. The van der Waals surface area contributed by atoms with Crippen LogP contribution in [-0.4, -0.2) is 17.6 Å². The van der Waals surface area contributed by atoms with E-state index < -0.39 is 0 Å². The molecule has 0 aliphatic rings. The number of hydrogen-bond acceptors (Lipinski definition) is 2. The summed E-state index contributed by atoms with van der Waals surface area (Å²) in [7, 11) is 0. The molecule has 0 bridgehead atoms. The number of nitrogens with two attached hydrogens (primary N) is 1. The van der Waals surface area contributed by atoms with Crippen LogP contribution >= 0.6 is 0 Å². The number of hydrogen-bond donors (Lipinski definition) is 2. The van der Waals surface area contributed by atoms with Crippen molar-refractivity contribution in [3.05, 3.63) is 35.9 Å². The smallest absolute Gasteiger partial charge is 0.220 e. The van der Waals surface area contributed by atoms with Gasteiger partial charge in [0.05, 0.1) is 6.61 Å². The number of aliphatic hydroxyl groups is 1. The van der Waals surface area contributed by atoms with Crippen LogP contribution in [0.2, 0.25) is 0 Å². The number of carbonyl (C=O) groups excluding carboxylic acids is 1. The lowest BCUT2D eigenvalue weighted by Gasteiger charge is -2.19. The van der Waals surface area contributed by atoms with Crippen molar-refractivity contribution in [2.75, 3.05) is 6.61 Å². The zero-order valence-electron chi connectivity index (χ0n) is 8.18. The van der Waals surface area contributed by atoms with Crippen LogP contribution in [0.15, 0.2) is 30.3 Å². The lowest BCUT2D eigenvalue weighted by Crippen LogP contribution is -2.28. The fourth-order valence-electron chi connectivity index (χ4n) is 1.45. The van der Waals surface area contributed by atoms with Gasteiger partial charge in [-0.2, -0.15) is 0 Å². The van der Waals surface area contributed by atoms with Gasteiger partial charge in [0.25, 0.3) is 0 Å². The highest BCUT2D eigenvalue weighted by atomic mass is 16.3. The van der Waals surface area contributed by atoms with Crippen molar-refractivity contribution in [1.29, 1.82) is 0 Å². The average Bonchev–Trinajstić information content (AvgIpc) is 2.20. The van der Waals surface area contributed by atoms with Crippen molar-refractivity contribution >= 4 is 5.91 Å². The summed E-state index contributed by atoms with van der Waals surface area (Å²) in [6.45, 7) is 1.67. The van der Waals surface area contributed by atoms with Crippen molar-refractivity contribution in [2.45, 2.75) is 12.8 Å². The van der Waals surface area contributed by atoms with Crippen molar-refractivity contribution < 1.29 is 9.90 Å². The van der Waals surface area contributed by atoms with Gasteiger partial charge in [0.1, 0.15) is 0 Å². The second kappa shape index (κ2) is 4.77. The summed E-state index contributed by atoms with van der Waals surface area (Å²) >= 11 is 0. The molecule has 1 aromatic rings. The van der Waals surface area contributed by atoms with Crippen LogP contribution < -0.4 is 5.73 Å². The third-order valence-corrected chi connectivity index (χ3v) is 2.48. The van der Waals surface area contributed by atoms with Crippen LogP contribution in [-0.2, 0) is 4.79 Å². The molecule has 1 aromatic carbocycles. The Morgan fingerprint density at radius 2 is 2.00 bits per heavy atom. The number of rotatable bonds is 4. The standard InChI is InChI=1S/C11H15NO2/c1-8(11(12)14)10(7-13)9-5-3-2-4-6-9/h2-6,8,10,13H,7H2,1H3,(H2,12,14). The number of amides is 1. The van der Waals surface area contributed by atoms with Gasteiger partial charge < -0.3 is 10.8 Å². The maximum atomic E-state index is 11.0. The molecule has 1 rings (SSSR count). The van der Waals surface area contributed by atoms with Crippen molar-refractivity contribution in [1.82, 2.24) is 0 Å². The van der Waals surface area contributed by atoms with Gasteiger partial charge in [0.2, 0.25) is 5.91 Å². The summed E-state index contributed by atoms with van der Waals surface area (Å²) in [5, 5.41) is 9.19. The maximum absolute atomic E-state index is 11.0. The van der Waals surface area contributed by atoms with E-state index in [9.17, 15) is 9.90 Å². The van der Waals surface area contributed by atoms with E-state index in [0.717, 1.165) is 5.56 Å². The minimum Gasteiger partial charge on any atom is -0.396 e. The Bertz CT molecular complexity index is 297. The van der Waals surface area contributed by atoms with Gasteiger partial charge in [-0.15, -0.1) is 0 Å². The number of aliphatic hydroxyl groups excluding tert-OH is 1. The Labute approximate surface area is 83.6 Å². The zero-order chi connectivity index (χ0) is 10.6. The van der Waals surface area contributed by atoms with Gasteiger partial charge in [-0.1, -0.05) is 37.3 Å². The molecule has 76 valence electrons. The molecule has 0 aromatic heterocycles. The Morgan fingerprint density at radius 3 is 2.43 bits per heavy atom. The first-order valence-corrected chi connectivity index (χ1v) is 4.62. The fourth-order valence-corrected chi connectivity index (χ4v) is 1.45. The SMILES string of the molecule is CC(C(N)=O)C(CO)c1ccccc1. The van der Waals surface area contributed by atoms with Crippen LogP contribution in [0.5, 0.6) is 0 Å². The highest BCUT2D eigenvalue weighted by Crippen LogP contribution is 2.23. The molecule has 0 aliphatic carbocycles. The summed E-state index contributed by atoms with van der Waals surface area (Å²) in [5.41, 5.74) is 6.15. The van der Waals surface area contributed by atoms with Gasteiger partial charge in [-0.25, -0.2) is 0 Å². The largest absolute Gasteiger partial charge is 0.396 e. The molecule has 3 heteroatoms. The van der Waals surface area contributed by atoms with Gasteiger partial charge >= 0.3 is 0 Å². The highest BCUT2D eigenvalue weighted by Gasteiger charge is 2.22. The Kier molecular flexibility index (Phi) is 3.65. The van der Waals surface area contributed by atoms with Crippen molar-refractivity contribution in [3.63, 3.8) is 0 Å². The molecular weight excluding hydrogens is 178 g/mol. The monoisotopic (exact) mass is 193 g/mol. The molecule has 0 spiro atoms. The predicted molar refractivity (Wildman–Crippen MR) is 54.6 cm³/mol. The summed E-state index contributed by atoms with van der Waals surface area (Å²) < 4.78 is 0. The molecule has 3 nitrogen and oxygen atoms in total. The first kappa shape index (κ1) is 10.7. The molecule has 0 fully saturated rings. The lowest BCUT2D eigenvalue weighted by molar-refractivity contribution is -0.122. The van der Waals surface area contributed by atoms with Gasteiger partial charge in [0.15, 0.2) is 0 Å². The van der Waals surface area contributed by atoms with E-state index >= 15 is 0 Å². The molecule has 0 saturated carbocycles. The topological polar surface area (TPSA) is 63.3 Å². The summed E-state index contributed by atoms with van der Waals surface area (Å²) in [5.74, 6) is -0.927. The van der Waals surface area contributed by atoms with Gasteiger partial charge in [0, 0.05) is 11.8 Å². The summed E-state index contributed by atoms with van der Waals surface area (Å²) in [6.07, 6.45) is 0. The molecule has 0 aliphatic heterocycles. The molecule has 3 N–H and O–H groups in total. The number of carbonyl (C=O) groups is 1. The predicted octanol–water partition coefficient (Wildman–Crippen LogP) is 0.884. The number of primary amides is 1. The van der Waals surface area contributed by atoms with Crippen LogP contribution in [0.1, 0.15) is 18.4 Å². The van der Waals surface area contributed by atoms with E-state index in [2.05, 4.69) is 0 Å². The minimum atomic E-state index is -0.382. The van der Waals surface area contributed by atoms with E-state index in [-0.39, 0.29) is 24.3 Å². The average molecular weight is 193 g/mol. The summed E-state index contributed by atoms with van der Waals surface area (Å²) in [6, 6.07) is 9.44. The normalized spacial score (nSPS) is 14.7. The Morgan fingerprint density at radius 1 is 1.43 bits per heavy atom. The van der Waals surface area contributed by atoms with Crippen molar-refractivity contribution in [3.8, 4) is 0 Å². The third kappa shape index (κ3) is 2.33. The quantitative estimate of drug-likeness (QED) is 0.745. The van der Waals surface area contributed by atoms with Crippen molar-refractivity contribution in [2.24, 2.45) is 11.7 Å². The van der Waals surface area contributed by atoms with Gasteiger partial charge in [-0.3, -0.25) is 4.79 Å². The second-order valence-electron chi connectivity index (χ2n) is 3.39. The zero-order valence-corrected chi connectivity index (χ0v) is 8.18. The fraction of sp³-hybridized carbons (Fsp3) is 0.364. The molecule has 0 radical (unpaired) electrons. The van der Waals surface area contributed by atoms with E-state index in [1.807, 2.05) is 30.3 Å². The van der Waals surface area contributed by atoms with Crippen LogP contribution in [0, 0.1) is 5.92 Å². The van der Waals surface area contributed by atoms with E-state index in [4.69, 9.17) is 5.73 Å². The maximum Gasteiger partial charge on any atom is 0.220 e. The highest BCUT2D eigenvalue weighted by molar-refractivity contribution is 5.77. The molecule has 1 amide bonds. The molecule has 2 atom stereocenters. The molecule has 0 heterocycles. The Balaban J connectivity index is 2.87. The van der Waals surface area contributed by atoms with Crippen LogP contribution in [0.25, 0.3) is 0 Å². The lowest BCUT2D eigenvalue weighted by atomic mass is 9.87. The minimum absolute atomic E-state index is 0.0614. The summed E-state index contributed by atoms with van der Waals surface area (Å²) in [4.78, 5) is 11.0. The molecular formula is C11H15NO2. The molecule has 0 saturated heterocycles. The van der Waals surface area contributed by atoms with E-state index in [1.165, 1.54) is 0 Å². The molecule has 14 heavy (non-hydrogen) atoms. The van der Waals surface area contributed by atoms with E-state index in [0.29, 0.717) is 0 Å². The Hall–Kier alpha value is -1.35. The third-order valence-electron chi connectivity index (χ3n) is 2.48. The first-order chi connectivity index (χ1) is 6.66. The van der Waals surface area contributed by atoms with Crippen LogP contribution in [0.3, 0.4) is 0 Å². The second-order valence-corrected chi connectivity index (χ2v) is 3.39. The van der Waals surface area contributed by atoms with E-state index in [1.54, 1.807) is 6.92 Å². The first-order valence-electron chi connectivity index (χ1n) is 4.62. The van der Waals surface area contributed by atoms with Crippen LogP contribution in [0.4, 0.5) is 0 Å².